The van der Waals surface area contributed by atoms with Crippen LogP contribution in [0.4, 0.5) is 4.39 Å². The number of benzene rings is 1. The standard InChI is InChI=1S/C18H22FNO2S/c19-14-4-2-1-3-13(14)17(18(22)11-5-6-11)20-8-7-15-12(10-20)9-16(21)23-15/h1-4,9,11,15-18,21-22H,5-8,10H2. The fourth-order valence-corrected chi connectivity index (χ4v) is 4.99. The molecule has 4 unspecified atom stereocenters. The molecule has 3 aliphatic rings. The SMILES string of the molecule is OC1C=C2CN(C(c3ccccc3F)C(O)C3CC3)CCC2S1. The summed E-state index contributed by atoms with van der Waals surface area (Å²) in [5.74, 6) is 0.0454. The van der Waals surface area contributed by atoms with Crippen molar-refractivity contribution in [2.24, 2.45) is 5.92 Å². The molecule has 2 heterocycles. The van der Waals surface area contributed by atoms with Crippen molar-refractivity contribution < 1.29 is 14.6 Å². The van der Waals surface area contributed by atoms with Crippen LogP contribution in [0.25, 0.3) is 0 Å². The summed E-state index contributed by atoms with van der Waals surface area (Å²) in [5, 5.41) is 21.0. The minimum atomic E-state index is -0.525. The minimum absolute atomic E-state index is 0.242. The summed E-state index contributed by atoms with van der Waals surface area (Å²) in [4.78, 5) is 2.20. The van der Waals surface area contributed by atoms with Crippen LogP contribution in [-0.2, 0) is 0 Å². The number of fused-ring (bicyclic) bond motifs is 1. The summed E-state index contributed by atoms with van der Waals surface area (Å²) in [5.41, 5.74) is 1.39. The highest BCUT2D eigenvalue weighted by Crippen LogP contribution is 2.44. The highest BCUT2D eigenvalue weighted by molar-refractivity contribution is 8.01. The molecule has 2 aliphatic heterocycles. The molecule has 1 saturated carbocycles. The lowest BCUT2D eigenvalue weighted by atomic mass is 9.92. The fraction of sp³-hybridized carbons (Fsp3) is 0.556. The quantitative estimate of drug-likeness (QED) is 0.831. The summed E-state index contributed by atoms with van der Waals surface area (Å²) >= 11 is 1.59. The molecule has 1 aliphatic carbocycles. The van der Waals surface area contributed by atoms with Crippen LogP contribution in [-0.4, -0.2) is 45.0 Å². The topological polar surface area (TPSA) is 43.7 Å². The average Bonchev–Trinajstić information content (AvgIpc) is 3.31. The van der Waals surface area contributed by atoms with E-state index in [4.69, 9.17) is 0 Å². The molecule has 5 heteroatoms. The van der Waals surface area contributed by atoms with Gasteiger partial charge in [-0.3, -0.25) is 4.90 Å². The normalized spacial score (nSPS) is 30.7. The van der Waals surface area contributed by atoms with Crippen molar-refractivity contribution in [3.05, 3.63) is 47.3 Å². The molecule has 0 aromatic heterocycles. The third-order valence-corrected chi connectivity index (χ3v) is 6.47. The van der Waals surface area contributed by atoms with Gasteiger partial charge < -0.3 is 10.2 Å². The molecule has 0 radical (unpaired) electrons. The monoisotopic (exact) mass is 335 g/mol. The van der Waals surface area contributed by atoms with Gasteiger partial charge in [0.05, 0.1) is 12.1 Å². The lowest BCUT2D eigenvalue weighted by Crippen LogP contribution is -2.44. The second-order valence-electron chi connectivity index (χ2n) is 6.81. The maximum atomic E-state index is 14.4. The number of rotatable bonds is 4. The lowest BCUT2D eigenvalue weighted by molar-refractivity contribution is 0.0310. The molecule has 3 nitrogen and oxygen atoms in total. The molecular formula is C18H22FNO2S. The van der Waals surface area contributed by atoms with E-state index < -0.39 is 11.5 Å². The van der Waals surface area contributed by atoms with Crippen LogP contribution in [0.15, 0.2) is 35.9 Å². The van der Waals surface area contributed by atoms with Crippen LogP contribution in [0.2, 0.25) is 0 Å². The summed E-state index contributed by atoms with van der Waals surface area (Å²) < 4.78 is 14.4. The van der Waals surface area contributed by atoms with Gasteiger partial charge in [-0.1, -0.05) is 18.2 Å². The molecule has 1 aromatic carbocycles. The molecular weight excluding hydrogens is 313 g/mol. The molecule has 0 bridgehead atoms. The van der Waals surface area contributed by atoms with Crippen molar-refractivity contribution in [2.75, 3.05) is 13.1 Å². The van der Waals surface area contributed by atoms with Crippen LogP contribution in [0.1, 0.15) is 30.9 Å². The summed E-state index contributed by atoms with van der Waals surface area (Å²) in [6.45, 7) is 1.53. The van der Waals surface area contributed by atoms with Gasteiger partial charge in [0.25, 0.3) is 0 Å². The summed E-state index contributed by atoms with van der Waals surface area (Å²) in [6.07, 6.45) is 4.39. The summed E-state index contributed by atoms with van der Waals surface area (Å²) in [7, 11) is 0. The van der Waals surface area contributed by atoms with Crippen molar-refractivity contribution in [2.45, 2.75) is 42.1 Å². The predicted octanol–water partition coefficient (Wildman–Crippen LogP) is 2.70. The number of likely N-dealkylation sites (tertiary alicyclic amines) is 1. The maximum Gasteiger partial charge on any atom is 0.128 e. The molecule has 1 saturated heterocycles. The van der Waals surface area contributed by atoms with Gasteiger partial charge in [-0.25, -0.2) is 4.39 Å². The van der Waals surface area contributed by atoms with Gasteiger partial charge in [0.2, 0.25) is 0 Å². The second kappa shape index (κ2) is 6.20. The van der Waals surface area contributed by atoms with Crippen LogP contribution in [0.5, 0.6) is 0 Å². The fourth-order valence-electron chi connectivity index (χ4n) is 3.83. The molecule has 2 N–H and O–H groups in total. The molecule has 1 aromatic rings. The number of halogens is 1. The number of piperidine rings is 1. The molecule has 0 amide bonds. The zero-order valence-electron chi connectivity index (χ0n) is 12.9. The van der Waals surface area contributed by atoms with Crippen LogP contribution in [0.3, 0.4) is 0 Å². The molecule has 4 atom stereocenters. The largest absolute Gasteiger partial charge is 0.391 e. The Morgan fingerprint density at radius 2 is 2.00 bits per heavy atom. The highest BCUT2D eigenvalue weighted by Gasteiger charge is 2.42. The van der Waals surface area contributed by atoms with E-state index in [1.807, 2.05) is 12.1 Å². The first-order chi connectivity index (χ1) is 11.1. The second-order valence-corrected chi connectivity index (χ2v) is 8.13. The number of hydrogen-bond acceptors (Lipinski definition) is 4. The number of aliphatic hydroxyl groups excluding tert-OH is 2. The number of thioether (sulfide) groups is 1. The van der Waals surface area contributed by atoms with Crippen molar-refractivity contribution in [3.63, 3.8) is 0 Å². The van der Waals surface area contributed by atoms with Crippen LogP contribution >= 0.6 is 11.8 Å². The Kier molecular flexibility index (Phi) is 4.22. The lowest BCUT2D eigenvalue weighted by Gasteiger charge is -2.40. The Morgan fingerprint density at radius 3 is 2.74 bits per heavy atom. The zero-order chi connectivity index (χ0) is 16.0. The number of hydrogen-bond donors (Lipinski definition) is 2. The smallest absolute Gasteiger partial charge is 0.128 e. The number of nitrogens with zero attached hydrogens (tertiary/aromatic N) is 1. The molecule has 0 spiro atoms. The highest BCUT2D eigenvalue weighted by atomic mass is 32.2. The summed E-state index contributed by atoms with van der Waals surface area (Å²) in [6, 6.07) is 6.51. The maximum absolute atomic E-state index is 14.4. The van der Waals surface area contributed by atoms with Gasteiger partial charge >= 0.3 is 0 Å². The molecule has 23 heavy (non-hydrogen) atoms. The van der Waals surface area contributed by atoms with Crippen LogP contribution < -0.4 is 0 Å². The Bertz CT molecular complexity index is 619. The van der Waals surface area contributed by atoms with E-state index in [0.29, 0.717) is 17.4 Å². The van der Waals surface area contributed by atoms with Crippen LogP contribution in [0, 0.1) is 11.7 Å². The molecule has 2 fully saturated rings. The van der Waals surface area contributed by atoms with Gasteiger partial charge in [0.15, 0.2) is 0 Å². The van der Waals surface area contributed by atoms with Gasteiger partial charge in [-0.05, 0) is 42.9 Å². The van der Waals surface area contributed by atoms with Gasteiger partial charge in [0.1, 0.15) is 11.3 Å². The van der Waals surface area contributed by atoms with E-state index in [1.54, 1.807) is 23.9 Å². The Hall–Kier alpha value is -0.880. The van der Waals surface area contributed by atoms with Crippen molar-refractivity contribution in [3.8, 4) is 0 Å². The van der Waals surface area contributed by atoms with E-state index in [9.17, 15) is 14.6 Å². The third-order valence-electron chi connectivity index (χ3n) is 5.18. The Labute approximate surface area is 140 Å². The van der Waals surface area contributed by atoms with Crippen molar-refractivity contribution >= 4 is 11.8 Å². The van der Waals surface area contributed by atoms with Crippen molar-refractivity contribution in [1.29, 1.82) is 0 Å². The first-order valence-corrected chi connectivity index (χ1v) is 9.28. The van der Waals surface area contributed by atoms with Gasteiger partial charge in [-0.15, -0.1) is 11.8 Å². The third kappa shape index (κ3) is 3.07. The van der Waals surface area contributed by atoms with Gasteiger partial charge in [-0.2, -0.15) is 0 Å². The predicted molar refractivity (Wildman–Crippen MR) is 89.5 cm³/mol. The first-order valence-electron chi connectivity index (χ1n) is 8.34. The van der Waals surface area contributed by atoms with E-state index in [-0.39, 0.29) is 17.8 Å². The van der Waals surface area contributed by atoms with Gasteiger partial charge in [0, 0.05) is 23.9 Å². The van der Waals surface area contributed by atoms with E-state index >= 15 is 0 Å². The first kappa shape index (κ1) is 15.6. The van der Waals surface area contributed by atoms with E-state index in [1.165, 1.54) is 11.6 Å². The zero-order valence-corrected chi connectivity index (χ0v) is 13.8. The number of aliphatic hydroxyl groups is 2. The van der Waals surface area contributed by atoms with E-state index in [2.05, 4.69) is 4.90 Å². The Balaban J connectivity index is 1.63. The average molecular weight is 335 g/mol. The van der Waals surface area contributed by atoms with E-state index in [0.717, 1.165) is 25.8 Å². The molecule has 4 rings (SSSR count). The molecule has 124 valence electrons. The minimum Gasteiger partial charge on any atom is -0.391 e. The Morgan fingerprint density at radius 1 is 1.22 bits per heavy atom. The van der Waals surface area contributed by atoms with Crippen molar-refractivity contribution in [1.82, 2.24) is 4.90 Å².